The van der Waals surface area contributed by atoms with Crippen LogP contribution in [-0.2, 0) is 4.79 Å². The second-order valence-electron chi connectivity index (χ2n) is 9.82. The molecular weight excluding hydrogens is 494 g/mol. The Morgan fingerprint density at radius 2 is 1.56 bits per heavy atom. The van der Waals surface area contributed by atoms with Gasteiger partial charge in [-0.2, -0.15) is 0 Å². The van der Waals surface area contributed by atoms with Gasteiger partial charge in [0.1, 0.15) is 22.8 Å². The van der Waals surface area contributed by atoms with E-state index in [0.717, 1.165) is 41.5 Å². The molecule has 3 N–H and O–H groups in total. The van der Waals surface area contributed by atoms with Gasteiger partial charge in [-0.25, -0.2) is 4.98 Å². The maximum Gasteiger partial charge on any atom is 0.276 e. The van der Waals surface area contributed by atoms with Crippen molar-refractivity contribution in [3.05, 3.63) is 77.8 Å². The third-order valence-electron chi connectivity index (χ3n) is 7.54. The third kappa shape index (κ3) is 5.28. The van der Waals surface area contributed by atoms with Crippen molar-refractivity contribution in [2.75, 3.05) is 60.9 Å². The molecule has 2 aromatic carbocycles. The van der Waals surface area contributed by atoms with E-state index in [2.05, 4.69) is 39.4 Å². The van der Waals surface area contributed by atoms with Crippen molar-refractivity contribution in [1.82, 2.24) is 14.3 Å². The van der Waals surface area contributed by atoms with Crippen LogP contribution in [0.3, 0.4) is 0 Å². The maximum atomic E-state index is 13.2. The number of benzene rings is 2. The lowest BCUT2D eigenvalue weighted by atomic mass is 10.1. The Hall–Kier alpha value is -4.44. The first-order valence-corrected chi connectivity index (χ1v) is 13.3. The summed E-state index contributed by atoms with van der Waals surface area (Å²) in [6.07, 6.45) is 4.46. The number of hydrogen-bond acceptors (Lipinski definition) is 7. The number of rotatable bonds is 7. The van der Waals surface area contributed by atoms with E-state index >= 15 is 0 Å². The summed E-state index contributed by atoms with van der Waals surface area (Å²) < 4.78 is 2.00. The van der Waals surface area contributed by atoms with Gasteiger partial charge >= 0.3 is 0 Å². The number of piperazine rings is 1. The number of nitroso groups, excluding NO2 is 1. The molecule has 2 aliphatic rings. The van der Waals surface area contributed by atoms with Gasteiger partial charge in [0.05, 0.1) is 6.54 Å². The summed E-state index contributed by atoms with van der Waals surface area (Å²) in [5.41, 5.74) is 5.36. The highest BCUT2D eigenvalue weighted by Gasteiger charge is 2.25. The number of aromatic nitrogens is 2. The minimum absolute atomic E-state index is 0. The molecule has 0 bridgehead atoms. The number of carbonyl (C=O) groups excluding carboxylic acids is 1. The molecule has 1 amide bonds. The fraction of sp³-hybridized carbons (Fsp3) is 0.310. The van der Waals surface area contributed by atoms with Crippen LogP contribution < -0.4 is 20.3 Å². The Labute approximate surface area is 227 Å². The molecule has 4 aromatic rings. The van der Waals surface area contributed by atoms with Crippen molar-refractivity contribution in [2.24, 2.45) is 0 Å². The zero-order valence-corrected chi connectivity index (χ0v) is 21.8. The molecule has 2 saturated heterocycles. The summed E-state index contributed by atoms with van der Waals surface area (Å²) in [4.78, 5) is 35.8. The van der Waals surface area contributed by atoms with E-state index in [1.165, 1.54) is 18.5 Å². The highest BCUT2D eigenvalue weighted by atomic mass is 16.3. The number of fused-ring (bicyclic) bond motifs is 1. The Morgan fingerprint density at radius 1 is 0.846 bits per heavy atom. The van der Waals surface area contributed by atoms with Gasteiger partial charge in [-0.05, 0) is 43.2 Å². The van der Waals surface area contributed by atoms with Crippen LogP contribution in [-0.4, -0.2) is 71.5 Å². The molecule has 4 heterocycles. The SMILES string of the molecule is O=[NH+]c1ccccc1N1CCN(C(=O)CNc2c(-c3ccc(N4CCCC4)cc3)nc3ccccn23)CC1.[OH-]. The van der Waals surface area contributed by atoms with Crippen molar-refractivity contribution >= 4 is 34.4 Å². The lowest BCUT2D eigenvalue weighted by Gasteiger charge is -2.35. The average Bonchev–Trinajstić information content (AvgIpc) is 3.65. The molecule has 10 nitrogen and oxygen atoms in total. The lowest BCUT2D eigenvalue weighted by Crippen LogP contribution is -2.57. The second-order valence-corrected chi connectivity index (χ2v) is 9.82. The van der Waals surface area contributed by atoms with E-state index in [1.807, 2.05) is 57.1 Å². The summed E-state index contributed by atoms with van der Waals surface area (Å²) in [6, 6.07) is 22.0. The first kappa shape index (κ1) is 26.2. The van der Waals surface area contributed by atoms with Crippen LogP contribution in [0.4, 0.5) is 22.9 Å². The van der Waals surface area contributed by atoms with Crippen molar-refractivity contribution in [3.63, 3.8) is 0 Å². The molecule has 2 fully saturated rings. The van der Waals surface area contributed by atoms with Crippen molar-refractivity contribution in [2.45, 2.75) is 12.8 Å². The summed E-state index contributed by atoms with van der Waals surface area (Å²) in [5, 5.41) is 5.42. The van der Waals surface area contributed by atoms with Gasteiger partial charge in [-0.15, -0.1) is 0 Å². The van der Waals surface area contributed by atoms with Crippen LogP contribution in [0.1, 0.15) is 12.8 Å². The van der Waals surface area contributed by atoms with Crippen molar-refractivity contribution < 1.29 is 15.4 Å². The zero-order chi connectivity index (χ0) is 25.9. The smallest absolute Gasteiger partial charge is 0.276 e. The molecule has 0 aliphatic carbocycles. The first-order chi connectivity index (χ1) is 18.7. The number of para-hydroxylation sites is 2. The van der Waals surface area contributed by atoms with Gasteiger partial charge < -0.3 is 25.5 Å². The predicted octanol–water partition coefficient (Wildman–Crippen LogP) is 2.66. The molecule has 2 aromatic heterocycles. The van der Waals surface area contributed by atoms with Gasteiger partial charge in [-0.1, -0.05) is 30.3 Å². The van der Waals surface area contributed by atoms with Crippen LogP contribution >= 0.6 is 0 Å². The molecule has 39 heavy (non-hydrogen) atoms. The fourth-order valence-electron chi connectivity index (χ4n) is 5.48. The topological polar surface area (TPSA) is 117 Å². The van der Waals surface area contributed by atoms with E-state index in [9.17, 15) is 9.70 Å². The Morgan fingerprint density at radius 3 is 2.31 bits per heavy atom. The van der Waals surface area contributed by atoms with Crippen molar-refractivity contribution in [1.29, 1.82) is 0 Å². The Bertz CT molecular complexity index is 1440. The number of imidazole rings is 1. The first-order valence-electron chi connectivity index (χ1n) is 13.3. The molecule has 6 rings (SSSR count). The van der Waals surface area contributed by atoms with Crippen LogP contribution in [0.5, 0.6) is 0 Å². The van der Waals surface area contributed by atoms with Crippen LogP contribution in [0.25, 0.3) is 16.9 Å². The number of nitrogens with zero attached hydrogens (tertiary/aromatic N) is 5. The quantitative estimate of drug-likeness (QED) is 0.380. The highest BCUT2D eigenvalue weighted by Crippen LogP contribution is 2.31. The molecule has 0 unspecified atom stereocenters. The number of carbonyl (C=O) groups is 1. The molecule has 0 atom stereocenters. The number of pyridine rings is 1. The monoisotopic (exact) mass is 527 g/mol. The fourth-order valence-corrected chi connectivity index (χ4v) is 5.48. The zero-order valence-electron chi connectivity index (χ0n) is 21.8. The molecule has 2 aliphatic heterocycles. The number of nitrogens with one attached hydrogen (secondary N) is 2. The highest BCUT2D eigenvalue weighted by molar-refractivity contribution is 5.84. The third-order valence-corrected chi connectivity index (χ3v) is 7.54. The molecular formula is C29H33N7O3. The molecule has 0 saturated carbocycles. The van der Waals surface area contributed by atoms with E-state index in [-0.39, 0.29) is 17.9 Å². The Kier molecular flexibility index (Phi) is 7.74. The van der Waals surface area contributed by atoms with E-state index in [0.29, 0.717) is 31.9 Å². The van der Waals surface area contributed by atoms with Crippen LogP contribution in [0, 0.1) is 4.91 Å². The van der Waals surface area contributed by atoms with Crippen molar-refractivity contribution in [3.8, 4) is 11.3 Å². The van der Waals surface area contributed by atoms with E-state index in [1.54, 1.807) is 6.07 Å². The van der Waals surface area contributed by atoms with Gasteiger partial charge in [0.25, 0.3) is 5.69 Å². The summed E-state index contributed by atoms with van der Waals surface area (Å²) >= 11 is 0. The largest absolute Gasteiger partial charge is 0.870 e. The number of anilines is 3. The van der Waals surface area contributed by atoms with Crippen LogP contribution in [0.2, 0.25) is 0 Å². The van der Waals surface area contributed by atoms with Crippen LogP contribution in [0.15, 0.2) is 72.9 Å². The summed E-state index contributed by atoms with van der Waals surface area (Å²) in [5.74, 6) is 0.859. The summed E-state index contributed by atoms with van der Waals surface area (Å²) in [6.45, 7) is 4.96. The summed E-state index contributed by atoms with van der Waals surface area (Å²) in [7, 11) is 0. The van der Waals surface area contributed by atoms with Gasteiger partial charge in [0.2, 0.25) is 5.91 Å². The minimum Gasteiger partial charge on any atom is -0.870 e. The number of hydrogen-bond donors (Lipinski definition) is 2. The minimum atomic E-state index is 0. The molecule has 0 spiro atoms. The van der Waals surface area contributed by atoms with Gasteiger partial charge in [-0.3, -0.25) is 9.20 Å². The molecule has 202 valence electrons. The standard InChI is InChI=1S/C29H31N7O2.H2O/c37-27(35-19-17-34(18-20-35)25-8-2-1-7-24(25)32-38)21-30-29-28(31-26-9-3-4-16-36(26)29)22-10-12-23(13-11-22)33-14-5-6-15-33;/h1-4,7-13,16,30H,5-6,14-15,17-21H2;1H2. The maximum absolute atomic E-state index is 13.2. The predicted molar refractivity (Wildman–Crippen MR) is 152 cm³/mol. The van der Waals surface area contributed by atoms with E-state index < -0.39 is 0 Å². The second kappa shape index (κ2) is 11.5. The van der Waals surface area contributed by atoms with Gasteiger partial charge in [0.15, 0.2) is 0 Å². The lowest BCUT2D eigenvalue weighted by molar-refractivity contribution is -0.378. The normalized spacial score (nSPS) is 15.3. The molecule has 0 radical (unpaired) electrons. The molecule has 10 heteroatoms. The van der Waals surface area contributed by atoms with Gasteiger partial charge in [0, 0.05) is 72.9 Å². The van der Waals surface area contributed by atoms with E-state index in [4.69, 9.17) is 4.98 Å². The Balaban J connectivity index is 0.00000308. The number of amides is 1. The average molecular weight is 528 g/mol.